The van der Waals surface area contributed by atoms with Crippen molar-refractivity contribution < 1.29 is 8.83 Å². The summed E-state index contributed by atoms with van der Waals surface area (Å²) in [6, 6.07) is 57.2. The van der Waals surface area contributed by atoms with Crippen LogP contribution in [0.4, 0.5) is 0 Å². The molecule has 244 valence electrons. The number of aromatic nitrogens is 4. The first-order valence-electron chi connectivity index (χ1n) is 17.1. The standard InChI is InChI=1S/C46H28N4O2/c1-4-11-29(12-5-1)31-19-23-34(24-20-31)44-48-43(33-15-8-3-9-16-33)49-45(50-44)36-17-10-18-39-42(36)37-27-41-38(28-40(37)51-39)47-46(52-41)35-25-21-32(22-26-35)30-13-6-2-7-14-30/h1-28H. The van der Waals surface area contributed by atoms with Gasteiger partial charge in [-0.15, -0.1) is 0 Å². The van der Waals surface area contributed by atoms with Crippen LogP contribution in [-0.4, -0.2) is 19.9 Å². The minimum Gasteiger partial charge on any atom is -0.456 e. The third kappa shape index (κ3) is 5.30. The highest BCUT2D eigenvalue weighted by Gasteiger charge is 2.20. The maximum Gasteiger partial charge on any atom is 0.227 e. The summed E-state index contributed by atoms with van der Waals surface area (Å²) < 4.78 is 12.8. The van der Waals surface area contributed by atoms with Gasteiger partial charge in [0.25, 0.3) is 0 Å². The minimum atomic E-state index is 0.555. The van der Waals surface area contributed by atoms with Gasteiger partial charge in [0, 0.05) is 39.1 Å². The van der Waals surface area contributed by atoms with Crippen molar-refractivity contribution in [1.82, 2.24) is 19.9 Å². The van der Waals surface area contributed by atoms with E-state index in [1.54, 1.807) is 0 Å². The van der Waals surface area contributed by atoms with E-state index in [4.69, 9.17) is 28.8 Å². The van der Waals surface area contributed by atoms with Gasteiger partial charge in [0.05, 0.1) is 0 Å². The molecule has 0 bridgehead atoms. The molecule has 0 N–H and O–H groups in total. The molecule has 3 aromatic heterocycles. The Morgan fingerprint density at radius 1 is 0.327 bits per heavy atom. The second-order valence-electron chi connectivity index (χ2n) is 12.7. The van der Waals surface area contributed by atoms with Crippen LogP contribution in [0.3, 0.4) is 0 Å². The Bertz CT molecular complexity index is 2860. The summed E-state index contributed by atoms with van der Waals surface area (Å²) in [6.45, 7) is 0. The molecule has 10 aromatic rings. The lowest BCUT2D eigenvalue weighted by molar-refractivity contribution is 0.620. The van der Waals surface area contributed by atoms with Crippen molar-refractivity contribution in [1.29, 1.82) is 0 Å². The van der Waals surface area contributed by atoms with Gasteiger partial charge in [-0.25, -0.2) is 19.9 Å². The number of furan rings is 1. The lowest BCUT2D eigenvalue weighted by Gasteiger charge is -2.10. The monoisotopic (exact) mass is 668 g/mol. The van der Waals surface area contributed by atoms with E-state index in [0.717, 1.165) is 66.4 Å². The average Bonchev–Trinajstić information content (AvgIpc) is 3.81. The van der Waals surface area contributed by atoms with Crippen LogP contribution in [0.1, 0.15) is 0 Å². The highest BCUT2D eigenvalue weighted by Crippen LogP contribution is 2.39. The van der Waals surface area contributed by atoms with Crippen molar-refractivity contribution in [3.05, 3.63) is 170 Å². The molecular weight excluding hydrogens is 641 g/mol. The van der Waals surface area contributed by atoms with Crippen LogP contribution in [0.2, 0.25) is 0 Å². The highest BCUT2D eigenvalue weighted by atomic mass is 16.4. The Balaban J connectivity index is 1.09. The van der Waals surface area contributed by atoms with Gasteiger partial charge in [0.2, 0.25) is 5.89 Å². The molecule has 0 radical (unpaired) electrons. The first-order valence-corrected chi connectivity index (χ1v) is 17.1. The molecule has 7 aromatic carbocycles. The van der Waals surface area contributed by atoms with E-state index in [1.807, 2.05) is 109 Å². The summed E-state index contributed by atoms with van der Waals surface area (Å²) in [5.41, 5.74) is 11.0. The second kappa shape index (κ2) is 12.3. The molecule has 0 aliphatic carbocycles. The van der Waals surface area contributed by atoms with E-state index in [1.165, 1.54) is 0 Å². The molecule has 3 heterocycles. The SMILES string of the molecule is c1ccc(-c2ccc(-c3nc(-c4ccccc4)nc(-c4cccc5oc6cc7nc(-c8ccc(-c9ccccc9)cc8)oc7cc6c45)n3)cc2)cc1. The molecule has 52 heavy (non-hydrogen) atoms. The zero-order chi connectivity index (χ0) is 34.4. The number of oxazole rings is 1. The largest absolute Gasteiger partial charge is 0.456 e. The number of nitrogens with zero attached hydrogens (tertiary/aromatic N) is 4. The van der Waals surface area contributed by atoms with Gasteiger partial charge in [-0.05, 0) is 46.5 Å². The van der Waals surface area contributed by atoms with Gasteiger partial charge in [0.1, 0.15) is 16.7 Å². The molecule has 6 nitrogen and oxygen atoms in total. The van der Waals surface area contributed by atoms with Crippen molar-refractivity contribution in [2.24, 2.45) is 0 Å². The fraction of sp³-hybridized carbons (Fsp3) is 0. The fourth-order valence-corrected chi connectivity index (χ4v) is 6.78. The first kappa shape index (κ1) is 29.7. The van der Waals surface area contributed by atoms with Crippen LogP contribution in [-0.2, 0) is 0 Å². The van der Waals surface area contributed by atoms with Gasteiger partial charge in [-0.2, -0.15) is 0 Å². The van der Waals surface area contributed by atoms with Crippen LogP contribution < -0.4 is 0 Å². The van der Waals surface area contributed by atoms with Crippen molar-refractivity contribution in [2.45, 2.75) is 0 Å². The molecular formula is C46H28N4O2. The van der Waals surface area contributed by atoms with Crippen LogP contribution in [0.15, 0.2) is 179 Å². The molecule has 0 spiro atoms. The van der Waals surface area contributed by atoms with E-state index in [0.29, 0.717) is 34.5 Å². The number of benzene rings is 7. The summed E-state index contributed by atoms with van der Waals surface area (Å²) in [6.07, 6.45) is 0. The molecule has 0 amide bonds. The van der Waals surface area contributed by atoms with Gasteiger partial charge < -0.3 is 8.83 Å². The molecule has 0 aliphatic rings. The quantitative estimate of drug-likeness (QED) is 0.175. The molecule has 0 aliphatic heterocycles. The minimum absolute atomic E-state index is 0.555. The number of rotatable bonds is 6. The highest BCUT2D eigenvalue weighted by molar-refractivity contribution is 6.14. The average molecular weight is 669 g/mol. The zero-order valence-electron chi connectivity index (χ0n) is 27.8. The predicted octanol–water partition coefficient (Wildman–Crippen LogP) is 11.9. The lowest BCUT2D eigenvalue weighted by Crippen LogP contribution is -2.00. The molecule has 0 atom stereocenters. The molecule has 0 fully saturated rings. The summed E-state index contributed by atoms with van der Waals surface area (Å²) in [5, 5.41) is 1.80. The van der Waals surface area contributed by atoms with E-state index >= 15 is 0 Å². The Morgan fingerprint density at radius 2 is 0.827 bits per heavy atom. The third-order valence-electron chi connectivity index (χ3n) is 9.40. The molecule has 0 saturated heterocycles. The van der Waals surface area contributed by atoms with E-state index in [-0.39, 0.29) is 0 Å². The van der Waals surface area contributed by atoms with Crippen LogP contribution in [0.25, 0.3) is 101 Å². The van der Waals surface area contributed by atoms with Crippen LogP contribution in [0.5, 0.6) is 0 Å². The first-order chi connectivity index (χ1) is 25.7. The van der Waals surface area contributed by atoms with E-state index in [9.17, 15) is 0 Å². The van der Waals surface area contributed by atoms with Crippen molar-refractivity contribution in [3.63, 3.8) is 0 Å². The summed E-state index contributed by atoms with van der Waals surface area (Å²) in [7, 11) is 0. The summed E-state index contributed by atoms with van der Waals surface area (Å²) >= 11 is 0. The van der Waals surface area contributed by atoms with Crippen LogP contribution in [0, 0.1) is 0 Å². The maximum atomic E-state index is 6.43. The maximum absolute atomic E-state index is 6.43. The lowest BCUT2D eigenvalue weighted by atomic mass is 10.0. The Kier molecular flexibility index (Phi) is 7.03. The number of hydrogen-bond donors (Lipinski definition) is 0. The smallest absolute Gasteiger partial charge is 0.227 e. The second-order valence-corrected chi connectivity index (χ2v) is 12.7. The van der Waals surface area contributed by atoms with Crippen molar-refractivity contribution in [3.8, 4) is 67.9 Å². The van der Waals surface area contributed by atoms with Gasteiger partial charge in [-0.3, -0.25) is 0 Å². The van der Waals surface area contributed by atoms with Gasteiger partial charge in [-0.1, -0.05) is 140 Å². The third-order valence-corrected chi connectivity index (χ3v) is 9.40. The fourth-order valence-electron chi connectivity index (χ4n) is 6.78. The van der Waals surface area contributed by atoms with Gasteiger partial charge >= 0.3 is 0 Å². The molecule has 0 unspecified atom stereocenters. The molecule has 6 heteroatoms. The Hall–Kier alpha value is -7.18. The number of fused-ring (bicyclic) bond motifs is 4. The predicted molar refractivity (Wildman–Crippen MR) is 207 cm³/mol. The Morgan fingerprint density at radius 3 is 1.44 bits per heavy atom. The normalized spacial score (nSPS) is 11.5. The molecule has 0 saturated carbocycles. The zero-order valence-corrected chi connectivity index (χ0v) is 27.8. The van der Waals surface area contributed by atoms with Crippen molar-refractivity contribution in [2.75, 3.05) is 0 Å². The number of hydrogen-bond acceptors (Lipinski definition) is 6. The molecule has 10 rings (SSSR count). The van der Waals surface area contributed by atoms with Gasteiger partial charge in [0.15, 0.2) is 23.1 Å². The summed E-state index contributed by atoms with van der Waals surface area (Å²) in [5.74, 6) is 2.30. The summed E-state index contributed by atoms with van der Waals surface area (Å²) in [4.78, 5) is 19.9. The Labute approximate surface area is 298 Å². The van der Waals surface area contributed by atoms with Crippen LogP contribution >= 0.6 is 0 Å². The topological polar surface area (TPSA) is 77.8 Å². The van der Waals surface area contributed by atoms with E-state index < -0.39 is 0 Å². The van der Waals surface area contributed by atoms with Crippen molar-refractivity contribution >= 4 is 33.0 Å². The van der Waals surface area contributed by atoms with E-state index in [2.05, 4.69) is 60.7 Å².